The van der Waals surface area contributed by atoms with Crippen LogP contribution in [0.25, 0.3) is 0 Å². The second kappa shape index (κ2) is 4.13. The molecule has 0 bridgehead atoms. The van der Waals surface area contributed by atoms with Crippen LogP contribution in [0.2, 0.25) is 0 Å². The minimum absolute atomic E-state index is 0.102. The molecular formula is C9H7F3O2. The Bertz CT molecular complexity index is 350. The van der Waals surface area contributed by atoms with E-state index in [0.29, 0.717) is 6.29 Å². The number of hydrogen-bond donors (Lipinski definition) is 0. The first kappa shape index (κ1) is 10.6. The van der Waals surface area contributed by atoms with Gasteiger partial charge in [0.25, 0.3) is 0 Å². The van der Waals surface area contributed by atoms with Gasteiger partial charge in [0.05, 0.1) is 5.56 Å². The van der Waals surface area contributed by atoms with Crippen LogP contribution in [0.1, 0.15) is 15.9 Å². The van der Waals surface area contributed by atoms with Crippen molar-refractivity contribution in [1.82, 2.24) is 0 Å². The van der Waals surface area contributed by atoms with Gasteiger partial charge in [-0.2, -0.15) is 8.78 Å². The summed E-state index contributed by atoms with van der Waals surface area (Å²) < 4.78 is 40.8. The van der Waals surface area contributed by atoms with Crippen LogP contribution in [-0.2, 0) is 0 Å². The van der Waals surface area contributed by atoms with Crippen LogP contribution in [0.5, 0.6) is 5.75 Å². The Hall–Kier alpha value is -1.52. The summed E-state index contributed by atoms with van der Waals surface area (Å²) in [6, 6.07) is 2.22. The molecule has 0 saturated carbocycles. The molecule has 0 aliphatic heterocycles. The quantitative estimate of drug-likeness (QED) is 0.707. The van der Waals surface area contributed by atoms with Crippen LogP contribution in [0, 0.1) is 12.7 Å². The number of carbonyl (C=O) groups is 1. The van der Waals surface area contributed by atoms with Gasteiger partial charge in [-0.15, -0.1) is 0 Å². The summed E-state index contributed by atoms with van der Waals surface area (Å²) in [6.07, 6.45) is 0.314. The molecule has 0 amide bonds. The van der Waals surface area contributed by atoms with E-state index >= 15 is 0 Å². The van der Waals surface area contributed by atoms with Crippen LogP contribution < -0.4 is 4.74 Å². The van der Waals surface area contributed by atoms with Gasteiger partial charge in [-0.1, -0.05) is 0 Å². The van der Waals surface area contributed by atoms with Crippen molar-refractivity contribution in [1.29, 1.82) is 0 Å². The van der Waals surface area contributed by atoms with Crippen LogP contribution in [0.15, 0.2) is 12.1 Å². The molecule has 2 nitrogen and oxygen atoms in total. The van der Waals surface area contributed by atoms with Gasteiger partial charge in [-0.05, 0) is 19.1 Å². The van der Waals surface area contributed by atoms with E-state index in [4.69, 9.17) is 0 Å². The van der Waals surface area contributed by atoms with E-state index in [1.54, 1.807) is 0 Å². The van der Waals surface area contributed by atoms with E-state index in [2.05, 4.69) is 4.74 Å². The third-order valence-corrected chi connectivity index (χ3v) is 1.71. The molecule has 0 N–H and O–H groups in total. The molecule has 0 atom stereocenters. The molecule has 5 heteroatoms. The van der Waals surface area contributed by atoms with E-state index in [-0.39, 0.29) is 16.9 Å². The Kier molecular flexibility index (Phi) is 3.11. The molecule has 0 unspecified atom stereocenters. The normalized spacial score (nSPS) is 10.4. The monoisotopic (exact) mass is 204 g/mol. The fourth-order valence-corrected chi connectivity index (χ4v) is 1.00. The Balaban J connectivity index is 3.10. The fraction of sp³-hybridized carbons (Fsp3) is 0.222. The fourth-order valence-electron chi connectivity index (χ4n) is 1.00. The number of hydrogen-bond acceptors (Lipinski definition) is 2. The highest BCUT2D eigenvalue weighted by Gasteiger charge is 2.13. The van der Waals surface area contributed by atoms with E-state index in [1.165, 1.54) is 6.92 Å². The average molecular weight is 204 g/mol. The lowest BCUT2D eigenvalue weighted by Gasteiger charge is -2.08. The molecule has 1 aromatic carbocycles. The summed E-state index contributed by atoms with van der Waals surface area (Å²) in [6.45, 7) is -1.74. The Morgan fingerprint density at radius 1 is 1.43 bits per heavy atom. The predicted octanol–water partition coefficient (Wildman–Crippen LogP) is 2.55. The van der Waals surface area contributed by atoms with Crippen LogP contribution in [-0.4, -0.2) is 12.9 Å². The lowest BCUT2D eigenvalue weighted by Crippen LogP contribution is -2.05. The van der Waals surface area contributed by atoms with Crippen molar-refractivity contribution < 1.29 is 22.7 Å². The van der Waals surface area contributed by atoms with E-state index in [0.717, 1.165) is 12.1 Å². The maximum absolute atomic E-state index is 13.2. The van der Waals surface area contributed by atoms with E-state index in [1.807, 2.05) is 0 Å². The minimum atomic E-state index is -3.00. The minimum Gasteiger partial charge on any atom is -0.434 e. The van der Waals surface area contributed by atoms with Gasteiger partial charge in [-0.3, -0.25) is 4.79 Å². The standard InChI is InChI=1S/C9H7F3O2/c1-5-7(14-9(11)12)3-2-6(4-13)8(5)10/h2-4,9H,1H3. The Morgan fingerprint density at radius 2 is 2.07 bits per heavy atom. The summed E-state index contributed by atoms with van der Waals surface area (Å²) in [4.78, 5) is 10.3. The van der Waals surface area contributed by atoms with Crippen LogP contribution in [0.4, 0.5) is 13.2 Å². The van der Waals surface area contributed by atoms with Crippen molar-refractivity contribution >= 4 is 6.29 Å². The summed E-state index contributed by atoms with van der Waals surface area (Å²) in [5.41, 5.74) is -0.279. The predicted molar refractivity (Wildman–Crippen MR) is 43.2 cm³/mol. The van der Waals surface area contributed by atoms with Gasteiger partial charge in [0.2, 0.25) is 0 Å². The highest BCUT2D eigenvalue weighted by molar-refractivity contribution is 5.76. The highest BCUT2D eigenvalue weighted by atomic mass is 19.3. The molecule has 76 valence electrons. The number of carbonyl (C=O) groups excluding carboxylic acids is 1. The Morgan fingerprint density at radius 3 is 2.57 bits per heavy atom. The van der Waals surface area contributed by atoms with Gasteiger partial charge < -0.3 is 4.74 Å². The number of ether oxygens (including phenoxy) is 1. The van der Waals surface area contributed by atoms with E-state index < -0.39 is 12.4 Å². The first-order valence-corrected chi connectivity index (χ1v) is 3.75. The molecule has 0 aromatic heterocycles. The molecule has 0 heterocycles. The molecule has 14 heavy (non-hydrogen) atoms. The second-order valence-corrected chi connectivity index (χ2v) is 2.59. The van der Waals surface area contributed by atoms with Crippen LogP contribution >= 0.6 is 0 Å². The van der Waals surface area contributed by atoms with Gasteiger partial charge in [0, 0.05) is 5.56 Å². The highest BCUT2D eigenvalue weighted by Crippen LogP contribution is 2.24. The summed E-state index contributed by atoms with van der Waals surface area (Å²) in [5.74, 6) is -1.10. The third kappa shape index (κ3) is 2.04. The molecule has 1 aromatic rings. The van der Waals surface area contributed by atoms with E-state index in [9.17, 15) is 18.0 Å². The zero-order valence-electron chi connectivity index (χ0n) is 7.26. The van der Waals surface area contributed by atoms with Gasteiger partial charge >= 0.3 is 6.61 Å². The zero-order valence-corrected chi connectivity index (χ0v) is 7.26. The average Bonchev–Trinajstić information content (AvgIpc) is 2.13. The number of benzene rings is 1. The van der Waals surface area contributed by atoms with Crippen molar-refractivity contribution in [2.24, 2.45) is 0 Å². The summed E-state index contributed by atoms with van der Waals surface area (Å²) >= 11 is 0. The van der Waals surface area contributed by atoms with Gasteiger partial charge in [0.1, 0.15) is 11.6 Å². The molecule has 0 spiro atoms. The Labute approximate surface area is 78.3 Å². The molecule has 1 rings (SSSR count). The molecular weight excluding hydrogens is 197 g/mol. The smallest absolute Gasteiger partial charge is 0.387 e. The molecule has 0 aliphatic carbocycles. The first-order valence-electron chi connectivity index (χ1n) is 3.75. The maximum Gasteiger partial charge on any atom is 0.387 e. The first-order chi connectivity index (χ1) is 6.56. The van der Waals surface area contributed by atoms with Crippen molar-refractivity contribution in [2.45, 2.75) is 13.5 Å². The molecule has 0 saturated heterocycles. The zero-order chi connectivity index (χ0) is 10.7. The van der Waals surface area contributed by atoms with Crippen molar-refractivity contribution in [2.75, 3.05) is 0 Å². The second-order valence-electron chi connectivity index (χ2n) is 2.59. The lowest BCUT2D eigenvalue weighted by molar-refractivity contribution is -0.0504. The molecule has 0 fully saturated rings. The summed E-state index contributed by atoms with van der Waals surface area (Å²) in [7, 11) is 0. The summed E-state index contributed by atoms with van der Waals surface area (Å²) in [5, 5.41) is 0. The number of halogens is 3. The van der Waals surface area contributed by atoms with Crippen molar-refractivity contribution in [3.63, 3.8) is 0 Å². The van der Waals surface area contributed by atoms with Gasteiger partial charge in [-0.25, -0.2) is 4.39 Å². The SMILES string of the molecule is Cc1c(OC(F)F)ccc(C=O)c1F. The number of aldehydes is 1. The molecule has 0 radical (unpaired) electrons. The largest absolute Gasteiger partial charge is 0.434 e. The number of rotatable bonds is 3. The third-order valence-electron chi connectivity index (χ3n) is 1.71. The van der Waals surface area contributed by atoms with Crippen molar-refractivity contribution in [3.8, 4) is 5.75 Å². The number of alkyl halides is 2. The maximum atomic E-state index is 13.2. The topological polar surface area (TPSA) is 26.3 Å². The van der Waals surface area contributed by atoms with Crippen molar-refractivity contribution in [3.05, 3.63) is 29.1 Å². The lowest BCUT2D eigenvalue weighted by atomic mass is 10.1. The molecule has 0 aliphatic rings. The van der Waals surface area contributed by atoms with Gasteiger partial charge in [0.15, 0.2) is 6.29 Å². The van der Waals surface area contributed by atoms with Crippen LogP contribution in [0.3, 0.4) is 0 Å².